The molecule has 3 rings (SSSR count). The number of aryl methyl sites for hydroxylation is 2. The minimum Gasteiger partial charge on any atom is -0.387 e. The van der Waals surface area contributed by atoms with Gasteiger partial charge in [0.1, 0.15) is 5.71 Å². The third-order valence-electron chi connectivity index (χ3n) is 3.51. The second-order valence-electron chi connectivity index (χ2n) is 5.17. The van der Waals surface area contributed by atoms with Gasteiger partial charge in [-0.15, -0.1) is 11.3 Å². The van der Waals surface area contributed by atoms with Crippen LogP contribution >= 0.6 is 11.3 Å². The minimum absolute atomic E-state index is 0.172. The molecule has 0 saturated heterocycles. The van der Waals surface area contributed by atoms with Crippen molar-refractivity contribution in [2.45, 2.75) is 32.9 Å². The molecule has 1 aliphatic rings. The number of carbonyl (C=O) groups is 1. The Morgan fingerprint density at radius 3 is 2.82 bits per heavy atom. The summed E-state index contributed by atoms with van der Waals surface area (Å²) in [6, 6.07) is 9.80. The molecule has 0 aliphatic carbocycles. The van der Waals surface area contributed by atoms with Crippen LogP contribution in [-0.4, -0.2) is 16.6 Å². The van der Waals surface area contributed by atoms with Gasteiger partial charge in [0.2, 0.25) is 0 Å². The van der Waals surface area contributed by atoms with Gasteiger partial charge in [0, 0.05) is 11.3 Å². The molecule has 22 heavy (non-hydrogen) atoms. The standard InChI is InChI=1S/C16H17N3O2S/c1-10-15(22-11(2)18-10)9-17-16(20)13-8-14(21-19-13)12-6-4-3-5-7-12/h3-7,14H,8-9H2,1-2H3,(H,17,20). The fourth-order valence-electron chi connectivity index (χ4n) is 2.36. The van der Waals surface area contributed by atoms with Gasteiger partial charge < -0.3 is 10.2 Å². The molecular formula is C16H17N3O2S. The van der Waals surface area contributed by atoms with E-state index in [9.17, 15) is 4.79 Å². The average molecular weight is 315 g/mol. The number of oxime groups is 1. The lowest BCUT2D eigenvalue weighted by molar-refractivity contribution is -0.115. The van der Waals surface area contributed by atoms with Crippen molar-refractivity contribution in [3.8, 4) is 0 Å². The van der Waals surface area contributed by atoms with E-state index >= 15 is 0 Å². The summed E-state index contributed by atoms with van der Waals surface area (Å²) in [5.41, 5.74) is 2.44. The molecule has 1 atom stereocenters. The molecule has 114 valence electrons. The Balaban J connectivity index is 1.57. The lowest BCUT2D eigenvalue weighted by Crippen LogP contribution is -2.29. The number of amides is 1. The maximum Gasteiger partial charge on any atom is 0.269 e. The Morgan fingerprint density at radius 1 is 1.36 bits per heavy atom. The molecule has 0 radical (unpaired) electrons. The van der Waals surface area contributed by atoms with Crippen LogP contribution in [0.2, 0.25) is 0 Å². The van der Waals surface area contributed by atoms with E-state index in [-0.39, 0.29) is 12.0 Å². The summed E-state index contributed by atoms with van der Waals surface area (Å²) in [6.45, 7) is 4.39. The normalized spacial score (nSPS) is 17.0. The first kappa shape index (κ1) is 14.7. The second kappa shape index (κ2) is 6.27. The Hall–Kier alpha value is -2.21. The van der Waals surface area contributed by atoms with E-state index in [1.807, 2.05) is 44.2 Å². The van der Waals surface area contributed by atoms with Gasteiger partial charge in [0.25, 0.3) is 5.91 Å². The van der Waals surface area contributed by atoms with Crippen LogP contribution in [-0.2, 0) is 16.2 Å². The highest BCUT2D eigenvalue weighted by Gasteiger charge is 2.27. The first-order valence-corrected chi connectivity index (χ1v) is 7.94. The molecule has 1 aliphatic heterocycles. The van der Waals surface area contributed by atoms with Gasteiger partial charge >= 0.3 is 0 Å². The molecular weight excluding hydrogens is 298 g/mol. The zero-order valence-electron chi connectivity index (χ0n) is 12.5. The number of thiazole rings is 1. The van der Waals surface area contributed by atoms with Crippen molar-refractivity contribution in [3.05, 3.63) is 51.5 Å². The van der Waals surface area contributed by atoms with E-state index < -0.39 is 0 Å². The van der Waals surface area contributed by atoms with Crippen LogP contribution in [0.5, 0.6) is 0 Å². The number of benzene rings is 1. The van der Waals surface area contributed by atoms with Crippen molar-refractivity contribution in [2.24, 2.45) is 5.16 Å². The molecule has 0 spiro atoms. The highest BCUT2D eigenvalue weighted by molar-refractivity contribution is 7.11. The smallest absolute Gasteiger partial charge is 0.269 e. The fourth-order valence-corrected chi connectivity index (χ4v) is 3.23. The number of aromatic nitrogens is 1. The van der Waals surface area contributed by atoms with E-state index in [0.717, 1.165) is 21.1 Å². The molecule has 2 heterocycles. The zero-order valence-corrected chi connectivity index (χ0v) is 13.3. The molecule has 1 aromatic heterocycles. The van der Waals surface area contributed by atoms with Crippen LogP contribution in [0, 0.1) is 13.8 Å². The summed E-state index contributed by atoms with van der Waals surface area (Å²) in [4.78, 5) is 23.0. The van der Waals surface area contributed by atoms with Crippen molar-refractivity contribution in [2.75, 3.05) is 0 Å². The zero-order chi connectivity index (χ0) is 15.5. The maximum absolute atomic E-state index is 12.2. The largest absolute Gasteiger partial charge is 0.387 e. The topological polar surface area (TPSA) is 63.6 Å². The van der Waals surface area contributed by atoms with Crippen molar-refractivity contribution in [3.63, 3.8) is 0 Å². The summed E-state index contributed by atoms with van der Waals surface area (Å²) in [6.07, 6.45) is 0.325. The molecule has 1 unspecified atom stereocenters. The first-order chi connectivity index (χ1) is 10.6. The molecule has 5 nitrogen and oxygen atoms in total. The van der Waals surface area contributed by atoms with Gasteiger partial charge in [-0.25, -0.2) is 4.98 Å². The Morgan fingerprint density at radius 2 is 2.14 bits per heavy atom. The Labute approximate surface area is 133 Å². The summed E-state index contributed by atoms with van der Waals surface area (Å²) >= 11 is 1.60. The lowest BCUT2D eigenvalue weighted by Gasteiger charge is -2.07. The van der Waals surface area contributed by atoms with E-state index in [0.29, 0.717) is 18.7 Å². The SMILES string of the molecule is Cc1nc(C)c(CNC(=O)C2=NOC(c3ccccc3)C2)s1. The van der Waals surface area contributed by atoms with Gasteiger partial charge in [-0.05, 0) is 19.4 Å². The van der Waals surface area contributed by atoms with E-state index in [2.05, 4.69) is 15.5 Å². The Kier molecular flexibility index (Phi) is 4.20. The maximum atomic E-state index is 12.2. The summed E-state index contributed by atoms with van der Waals surface area (Å²) < 4.78 is 0. The molecule has 0 saturated carbocycles. The van der Waals surface area contributed by atoms with E-state index in [1.54, 1.807) is 11.3 Å². The highest BCUT2D eigenvalue weighted by Crippen LogP contribution is 2.27. The van der Waals surface area contributed by atoms with Crippen molar-refractivity contribution >= 4 is 23.0 Å². The highest BCUT2D eigenvalue weighted by atomic mass is 32.1. The molecule has 6 heteroatoms. The van der Waals surface area contributed by atoms with Crippen LogP contribution in [0.15, 0.2) is 35.5 Å². The predicted octanol–water partition coefficient (Wildman–Crippen LogP) is 2.89. The Bertz CT molecular complexity index is 709. The predicted molar refractivity (Wildman–Crippen MR) is 85.8 cm³/mol. The summed E-state index contributed by atoms with van der Waals surface area (Å²) in [5.74, 6) is -0.177. The molecule has 0 fully saturated rings. The van der Waals surface area contributed by atoms with Crippen LogP contribution in [0.25, 0.3) is 0 Å². The van der Waals surface area contributed by atoms with Gasteiger partial charge in [0.05, 0.1) is 17.2 Å². The van der Waals surface area contributed by atoms with Gasteiger partial charge in [-0.1, -0.05) is 35.5 Å². The van der Waals surface area contributed by atoms with Gasteiger partial charge in [-0.3, -0.25) is 4.79 Å². The van der Waals surface area contributed by atoms with Crippen LogP contribution in [0.4, 0.5) is 0 Å². The van der Waals surface area contributed by atoms with Gasteiger partial charge in [-0.2, -0.15) is 0 Å². The molecule has 2 aromatic rings. The quantitative estimate of drug-likeness (QED) is 0.943. The molecule has 1 aromatic carbocycles. The van der Waals surface area contributed by atoms with Crippen LogP contribution < -0.4 is 5.32 Å². The van der Waals surface area contributed by atoms with Crippen molar-refractivity contribution < 1.29 is 9.63 Å². The fraction of sp³-hybridized carbons (Fsp3) is 0.312. The van der Waals surface area contributed by atoms with E-state index in [1.165, 1.54) is 0 Å². The van der Waals surface area contributed by atoms with Crippen LogP contribution in [0.1, 0.15) is 33.7 Å². The molecule has 0 bridgehead atoms. The number of hydrogen-bond acceptors (Lipinski definition) is 5. The van der Waals surface area contributed by atoms with E-state index in [4.69, 9.17) is 4.84 Å². The van der Waals surface area contributed by atoms with Crippen molar-refractivity contribution in [1.29, 1.82) is 0 Å². The number of hydrogen-bond donors (Lipinski definition) is 1. The van der Waals surface area contributed by atoms with Crippen LogP contribution in [0.3, 0.4) is 0 Å². The second-order valence-corrected chi connectivity index (χ2v) is 6.46. The number of rotatable bonds is 4. The summed E-state index contributed by atoms with van der Waals surface area (Å²) in [5, 5.41) is 7.82. The number of nitrogens with zero attached hydrogens (tertiary/aromatic N) is 2. The molecule has 1 amide bonds. The number of carbonyl (C=O) groups excluding carboxylic acids is 1. The first-order valence-electron chi connectivity index (χ1n) is 7.12. The summed E-state index contributed by atoms with van der Waals surface area (Å²) in [7, 11) is 0. The third-order valence-corrected chi connectivity index (χ3v) is 4.58. The monoisotopic (exact) mass is 315 g/mol. The molecule has 1 N–H and O–H groups in total. The third kappa shape index (κ3) is 3.17. The van der Waals surface area contributed by atoms with Crippen molar-refractivity contribution in [1.82, 2.24) is 10.3 Å². The van der Waals surface area contributed by atoms with Gasteiger partial charge in [0.15, 0.2) is 6.10 Å². The minimum atomic E-state index is -0.177. The lowest BCUT2D eigenvalue weighted by atomic mass is 10.0. The number of nitrogens with one attached hydrogen (secondary N) is 1. The average Bonchev–Trinajstić information content (AvgIpc) is 3.12.